The standard InChI is InChI=1S/C14H14N4/c1-8-4-5-10-6-11-7-16-14(15-3)18-13(11)17-12(10)9(8)2/h4-7H,1-3H3,(H,15,16,17,18). The summed E-state index contributed by atoms with van der Waals surface area (Å²) in [5.74, 6) is 0.597. The van der Waals surface area contributed by atoms with Crippen molar-refractivity contribution in [2.24, 2.45) is 0 Å². The molecule has 0 saturated heterocycles. The van der Waals surface area contributed by atoms with Gasteiger partial charge in [-0.1, -0.05) is 12.1 Å². The van der Waals surface area contributed by atoms with Gasteiger partial charge in [0.1, 0.15) is 0 Å². The zero-order valence-corrected chi connectivity index (χ0v) is 10.7. The van der Waals surface area contributed by atoms with E-state index >= 15 is 0 Å². The van der Waals surface area contributed by atoms with Crippen molar-refractivity contribution in [3.05, 3.63) is 35.5 Å². The van der Waals surface area contributed by atoms with Crippen LogP contribution < -0.4 is 5.32 Å². The molecule has 0 saturated carbocycles. The Hall–Kier alpha value is -2.23. The third-order valence-electron chi connectivity index (χ3n) is 3.28. The van der Waals surface area contributed by atoms with Crippen LogP contribution >= 0.6 is 0 Å². The molecule has 1 N–H and O–H groups in total. The van der Waals surface area contributed by atoms with E-state index in [0.717, 1.165) is 21.9 Å². The van der Waals surface area contributed by atoms with Gasteiger partial charge >= 0.3 is 0 Å². The number of hydrogen-bond acceptors (Lipinski definition) is 4. The van der Waals surface area contributed by atoms with Gasteiger partial charge in [0.25, 0.3) is 0 Å². The summed E-state index contributed by atoms with van der Waals surface area (Å²) in [5, 5.41) is 5.02. The topological polar surface area (TPSA) is 50.7 Å². The van der Waals surface area contributed by atoms with Gasteiger partial charge in [0, 0.05) is 24.0 Å². The third-order valence-corrected chi connectivity index (χ3v) is 3.28. The molecule has 3 rings (SSSR count). The van der Waals surface area contributed by atoms with Crippen LogP contribution in [0.5, 0.6) is 0 Å². The zero-order chi connectivity index (χ0) is 12.7. The molecule has 0 fully saturated rings. The minimum absolute atomic E-state index is 0.597. The number of nitrogens with one attached hydrogen (secondary N) is 1. The van der Waals surface area contributed by atoms with Gasteiger partial charge in [-0.3, -0.25) is 0 Å². The number of nitrogens with zero attached hydrogens (tertiary/aromatic N) is 3. The van der Waals surface area contributed by atoms with Gasteiger partial charge in [-0.05, 0) is 31.0 Å². The van der Waals surface area contributed by atoms with Crippen molar-refractivity contribution in [1.82, 2.24) is 15.0 Å². The Morgan fingerprint density at radius 2 is 1.89 bits per heavy atom. The van der Waals surface area contributed by atoms with Crippen LogP contribution in [-0.2, 0) is 0 Å². The number of fused-ring (bicyclic) bond motifs is 2. The fourth-order valence-corrected chi connectivity index (χ4v) is 2.05. The molecule has 0 aliphatic heterocycles. The molecule has 2 heterocycles. The highest BCUT2D eigenvalue weighted by Gasteiger charge is 2.06. The van der Waals surface area contributed by atoms with E-state index in [0.29, 0.717) is 5.95 Å². The molecule has 0 atom stereocenters. The highest BCUT2D eigenvalue weighted by molar-refractivity contribution is 5.92. The average Bonchev–Trinajstić information content (AvgIpc) is 2.41. The van der Waals surface area contributed by atoms with Gasteiger partial charge in [0.2, 0.25) is 5.95 Å². The van der Waals surface area contributed by atoms with E-state index in [1.54, 1.807) is 13.2 Å². The normalized spacial score (nSPS) is 11.1. The largest absolute Gasteiger partial charge is 0.357 e. The molecule has 90 valence electrons. The smallest absolute Gasteiger partial charge is 0.224 e. The van der Waals surface area contributed by atoms with E-state index in [9.17, 15) is 0 Å². The van der Waals surface area contributed by atoms with Crippen LogP contribution in [0.25, 0.3) is 21.9 Å². The number of rotatable bonds is 1. The highest BCUT2D eigenvalue weighted by atomic mass is 15.1. The molecule has 3 aromatic rings. The molecule has 0 bridgehead atoms. The van der Waals surface area contributed by atoms with Crippen LogP contribution in [0.15, 0.2) is 24.4 Å². The first-order valence-electron chi connectivity index (χ1n) is 5.90. The van der Waals surface area contributed by atoms with Crippen molar-refractivity contribution >= 4 is 27.9 Å². The number of hydrogen-bond donors (Lipinski definition) is 1. The fraction of sp³-hybridized carbons (Fsp3) is 0.214. The highest BCUT2D eigenvalue weighted by Crippen LogP contribution is 2.23. The molecule has 0 aliphatic rings. The number of pyridine rings is 1. The second-order valence-electron chi connectivity index (χ2n) is 4.42. The lowest BCUT2D eigenvalue weighted by Crippen LogP contribution is -1.98. The summed E-state index contributed by atoms with van der Waals surface area (Å²) < 4.78 is 0. The first-order valence-corrected chi connectivity index (χ1v) is 5.90. The summed E-state index contributed by atoms with van der Waals surface area (Å²) in [6, 6.07) is 6.30. The maximum Gasteiger partial charge on any atom is 0.224 e. The van der Waals surface area contributed by atoms with Crippen LogP contribution in [-0.4, -0.2) is 22.0 Å². The minimum atomic E-state index is 0.597. The second kappa shape index (κ2) is 3.91. The average molecular weight is 238 g/mol. The van der Waals surface area contributed by atoms with Crippen molar-refractivity contribution in [3.8, 4) is 0 Å². The van der Waals surface area contributed by atoms with E-state index in [1.807, 2.05) is 0 Å². The summed E-state index contributed by atoms with van der Waals surface area (Å²) in [6.45, 7) is 4.19. The van der Waals surface area contributed by atoms with Crippen molar-refractivity contribution in [1.29, 1.82) is 0 Å². The number of aromatic nitrogens is 3. The Morgan fingerprint density at radius 1 is 1.06 bits per heavy atom. The number of benzene rings is 1. The summed E-state index contributed by atoms with van der Waals surface area (Å²) in [4.78, 5) is 13.2. The molecule has 0 spiro atoms. The van der Waals surface area contributed by atoms with Crippen LogP contribution in [0.3, 0.4) is 0 Å². The predicted molar refractivity (Wildman–Crippen MR) is 73.9 cm³/mol. The monoisotopic (exact) mass is 238 g/mol. The molecule has 2 aromatic heterocycles. The van der Waals surface area contributed by atoms with Crippen molar-refractivity contribution in [2.45, 2.75) is 13.8 Å². The van der Waals surface area contributed by atoms with Crippen LogP contribution in [0, 0.1) is 13.8 Å². The van der Waals surface area contributed by atoms with Gasteiger partial charge in [0.15, 0.2) is 5.65 Å². The van der Waals surface area contributed by atoms with Crippen LogP contribution in [0.2, 0.25) is 0 Å². The fourth-order valence-electron chi connectivity index (χ4n) is 2.05. The van der Waals surface area contributed by atoms with Gasteiger partial charge in [-0.2, -0.15) is 4.98 Å². The molecule has 0 aliphatic carbocycles. The van der Waals surface area contributed by atoms with Gasteiger partial charge in [0.05, 0.1) is 5.52 Å². The third kappa shape index (κ3) is 1.57. The summed E-state index contributed by atoms with van der Waals surface area (Å²) in [6.07, 6.45) is 1.80. The van der Waals surface area contributed by atoms with Crippen molar-refractivity contribution < 1.29 is 0 Å². The Bertz CT molecular complexity index is 749. The Balaban J connectivity index is 2.40. The first-order chi connectivity index (χ1) is 8.69. The number of anilines is 1. The summed E-state index contributed by atoms with van der Waals surface area (Å²) in [5.41, 5.74) is 4.20. The molecule has 4 heteroatoms. The number of aryl methyl sites for hydroxylation is 2. The Morgan fingerprint density at radius 3 is 2.67 bits per heavy atom. The Labute approximate surface area is 105 Å². The SMILES string of the molecule is CNc1ncc2cc3ccc(C)c(C)c3nc2n1. The Kier molecular flexibility index (Phi) is 2.37. The van der Waals surface area contributed by atoms with Crippen molar-refractivity contribution in [2.75, 3.05) is 12.4 Å². The quantitative estimate of drug-likeness (QED) is 0.662. The lowest BCUT2D eigenvalue weighted by molar-refractivity contribution is 1.17. The summed E-state index contributed by atoms with van der Waals surface area (Å²) >= 11 is 0. The maximum atomic E-state index is 4.66. The molecule has 0 unspecified atom stereocenters. The molecule has 1 aromatic carbocycles. The molecule has 0 amide bonds. The molecule has 4 nitrogen and oxygen atoms in total. The van der Waals surface area contributed by atoms with Crippen LogP contribution in [0.1, 0.15) is 11.1 Å². The minimum Gasteiger partial charge on any atom is -0.357 e. The van der Waals surface area contributed by atoms with E-state index in [-0.39, 0.29) is 0 Å². The summed E-state index contributed by atoms with van der Waals surface area (Å²) in [7, 11) is 1.80. The van der Waals surface area contributed by atoms with Gasteiger partial charge < -0.3 is 5.32 Å². The predicted octanol–water partition coefficient (Wildman–Crippen LogP) is 2.84. The van der Waals surface area contributed by atoms with Gasteiger partial charge in [-0.15, -0.1) is 0 Å². The maximum absolute atomic E-state index is 4.66. The molecular formula is C14H14N4. The van der Waals surface area contributed by atoms with E-state index in [1.165, 1.54) is 11.1 Å². The van der Waals surface area contributed by atoms with E-state index in [2.05, 4.69) is 52.3 Å². The molecule has 0 radical (unpaired) electrons. The van der Waals surface area contributed by atoms with E-state index < -0.39 is 0 Å². The van der Waals surface area contributed by atoms with Gasteiger partial charge in [-0.25, -0.2) is 9.97 Å². The van der Waals surface area contributed by atoms with Crippen molar-refractivity contribution in [3.63, 3.8) is 0 Å². The molecular weight excluding hydrogens is 224 g/mol. The second-order valence-corrected chi connectivity index (χ2v) is 4.42. The zero-order valence-electron chi connectivity index (χ0n) is 10.7. The van der Waals surface area contributed by atoms with Crippen LogP contribution in [0.4, 0.5) is 5.95 Å². The van der Waals surface area contributed by atoms with E-state index in [4.69, 9.17) is 0 Å². The first kappa shape index (κ1) is 10.9. The lowest BCUT2D eigenvalue weighted by Gasteiger charge is -2.07. The molecule has 18 heavy (non-hydrogen) atoms. The lowest BCUT2D eigenvalue weighted by atomic mass is 10.0.